The van der Waals surface area contributed by atoms with Crippen LogP contribution in [0.25, 0.3) is 0 Å². The van der Waals surface area contributed by atoms with E-state index >= 15 is 0 Å². The molecule has 0 aromatic carbocycles. The Bertz CT molecular complexity index is 291. The molecule has 1 aromatic heterocycles. The molecule has 1 rings (SSSR count). The van der Waals surface area contributed by atoms with E-state index < -0.39 is 4.92 Å². The van der Waals surface area contributed by atoms with E-state index in [9.17, 15) is 14.9 Å². The predicted molar refractivity (Wildman–Crippen MR) is 39.7 cm³/mol. The van der Waals surface area contributed by atoms with E-state index in [0.29, 0.717) is 18.6 Å². The summed E-state index contributed by atoms with van der Waals surface area (Å²) >= 11 is 0. The molecule has 0 aliphatic carbocycles. The van der Waals surface area contributed by atoms with Gasteiger partial charge in [-0.05, 0) is 6.07 Å². The smallest absolute Gasteiger partial charge is 0.406 e. The fourth-order valence-corrected chi connectivity index (χ4v) is 0.800. The van der Waals surface area contributed by atoms with Gasteiger partial charge >= 0.3 is 5.88 Å². The first-order chi connectivity index (χ1) is 5.74. The van der Waals surface area contributed by atoms with Crippen molar-refractivity contribution in [1.82, 2.24) is 0 Å². The summed E-state index contributed by atoms with van der Waals surface area (Å²) in [5.41, 5.74) is 0. The molecule has 0 radical (unpaired) electrons. The molecule has 0 atom stereocenters. The number of carbonyl (C=O) groups excluding carboxylic acids is 1. The average Bonchev–Trinajstić information content (AvgIpc) is 2.48. The Morgan fingerprint density at radius 2 is 2.33 bits per heavy atom. The van der Waals surface area contributed by atoms with Crippen LogP contribution in [0, 0.1) is 10.1 Å². The van der Waals surface area contributed by atoms with Crippen molar-refractivity contribution in [2.24, 2.45) is 0 Å². The number of nitrogens with zero attached hydrogens (tertiary/aromatic N) is 1. The number of rotatable bonds is 4. The van der Waals surface area contributed by atoms with Gasteiger partial charge in [0.25, 0.3) is 0 Å². The molecule has 0 saturated heterocycles. The second kappa shape index (κ2) is 3.66. The van der Waals surface area contributed by atoms with E-state index in [-0.39, 0.29) is 5.88 Å². The van der Waals surface area contributed by atoms with Crippen LogP contribution in [0.4, 0.5) is 5.88 Å². The lowest BCUT2D eigenvalue weighted by Gasteiger charge is -1.86. The van der Waals surface area contributed by atoms with Crippen LogP contribution >= 0.6 is 0 Å². The first-order valence-electron chi connectivity index (χ1n) is 3.41. The molecule has 12 heavy (non-hydrogen) atoms. The molecule has 5 heteroatoms. The second-order valence-corrected chi connectivity index (χ2v) is 2.20. The van der Waals surface area contributed by atoms with Crippen molar-refractivity contribution in [3.05, 3.63) is 28.0 Å². The van der Waals surface area contributed by atoms with Gasteiger partial charge < -0.3 is 9.21 Å². The SMILES string of the molecule is O=CCCc1ccc([N+](=O)[O-])o1. The lowest BCUT2D eigenvalue weighted by atomic mass is 10.3. The monoisotopic (exact) mass is 169 g/mol. The molecule has 0 aliphatic heterocycles. The van der Waals surface area contributed by atoms with Crippen molar-refractivity contribution in [1.29, 1.82) is 0 Å². The summed E-state index contributed by atoms with van der Waals surface area (Å²) in [6.45, 7) is 0. The maximum Gasteiger partial charge on any atom is 0.433 e. The molecular weight excluding hydrogens is 162 g/mol. The van der Waals surface area contributed by atoms with Gasteiger partial charge in [-0.15, -0.1) is 0 Å². The van der Waals surface area contributed by atoms with E-state index in [1.165, 1.54) is 12.1 Å². The Morgan fingerprint density at radius 1 is 1.58 bits per heavy atom. The van der Waals surface area contributed by atoms with Crippen molar-refractivity contribution in [3.63, 3.8) is 0 Å². The Morgan fingerprint density at radius 3 is 2.83 bits per heavy atom. The van der Waals surface area contributed by atoms with Crippen LogP contribution in [-0.2, 0) is 11.2 Å². The Labute approximate surface area is 68.1 Å². The molecule has 0 fully saturated rings. The molecule has 5 nitrogen and oxygen atoms in total. The number of hydrogen-bond donors (Lipinski definition) is 0. The number of carbonyl (C=O) groups is 1. The average molecular weight is 169 g/mol. The predicted octanol–water partition coefficient (Wildman–Crippen LogP) is 1.32. The fourth-order valence-electron chi connectivity index (χ4n) is 0.800. The molecule has 0 aliphatic rings. The standard InChI is InChI=1S/C7H7NO4/c9-5-1-2-6-3-4-7(12-6)8(10)11/h3-5H,1-2H2. The van der Waals surface area contributed by atoms with Gasteiger partial charge in [-0.3, -0.25) is 10.1 Å². The summed E-state index contributed by atoms with van der Waals surface area (Å²) in [5, 5.41) is 10.1. The quantitative estimate of drug-likeness (QED) is 0.387. The van der Waals surface area contributed by atoms with Gasteiger partial charge in [-0.1, -0.05) is 0 Å². The van der Waals surface area contributed by atoms with Gasteiger partial charge in [0.1, 0.15) is 17.0 Å². The van der Waals surface area contributed by atoms with E-state index in [0.717, 1.165) is 6.29 Å². The molecule has 64 valence electrons. The van der Waals surface area contributed by atoms with Crippen molar-refractivity contribution in [2.75, 3.05) is 0 Å². The third kappa shape index (κ3) is 1.91. The van der Waals surface area contributed by atoms with Crippen LogP contribution in [0.2, 0.25) is 0 Å². The minimum atomic E-state index is -0.607. The largest absolute Gasteiger partial charge is 0.433 e. The van der Waals surface area contributed by atoms with Gasteiger partial charge in [0.05, 0.1) is 6.07 Å². The van der Waals surface area contributed by atoms with Crippen molar-refractivity contribution in [2.45, 2.75) is 12.8 Å². The second-order valence-electron chi connectivity index (χ2n) is 2.20. The normalized spacial score (nSPS) is 9.67. The highest BCUT2D eigenvalue weighted by Gasteiger charge is 2.10. The Hall–Kier alpha value is -1.65. The maximum atomic E-state index is 10.1. The summed E-state index contributed by atoms with van der Waals surface area (Å²) < 4.78 is 4.79. The van der Waals surface area contributed by atoms with Crippen molar-refractivity contribution < 1.29 is 14.1 Å². The summed E-state index contributed by atoms with van der Waals surface area (Å²) in [7, 11) is 0. The third-order valence-corrected chi connectivity index (χ3v) is 1.34. The highest BCUT2D eigenvalue weighted by atomic mass is 16.6. The zero-order valence-electron chi connectivity index (χ0n) is 6.23. The Balaban J connectivity index is 2.64. The maximum absolute atomic E-state index is 10.1. The van der Waals surface area contributed by atoms with Gasteiger partial charge in [-0.25, -0.2) is 0 Å². The van der Waals surface area contributed by atoms with Crippen LogP contribution < -0.4 is 0 Å². The number of furan rings is 1. The molecule has 0 N–H and O–H groups in total. The highest BCUT2D eigenvalue weighted by molar-refractivity contribution is 5.49. The molecule has 1 aromatic rings. The van der Waals surface area contributed by atoms with Crippen molar-refractivity contribution in [3.8, 4) is 0 Å². The van der Waals surface area contributed by atoms with Crippen LogP contribution in [-0.4, -0.2) is 11.2 Å². The van der Waals surface area contributed by atoms with Gasteiger partial charge in [0, 0.05) is 12.8 Å². The molecule has 0 amide bonds. The van der Waals surface area contributed by atoms with Gasteiger partial charge in [0.2, 0.25) is 0 Å². The van der Waals surface area contributed by atoms with Crippen LogP contribution in [0.1, 0.15) is 12.2 Å². The van der Waals surface area contributed by atoms with E-state index in [4.69, 9.17) is 4.42 Å². The molecular formula is C7H7NO4. The first kappa shape index (κ1) is 8.45. The summed E-state index contributed by atoms with van der Waals surface area (Å²) in [6, 6.07) is 2.78. The number of aldehydes is 1. The summed E-state index contributed by atoms with van der Waals surface area (Å²) in [6.07, 6.45) is 1.48. The summed E-state index contributed by atoms with van der Waals surface area (Å²) in [4.78, 5) is 19.5. The van der Waals surface area contributed by atoms with E-state index in [1.807, 2.05) is 0 Å². The molecule has 1 heterocycles. The van der Waals surface area contributed by atoms with E-state index in [2.05, 4.69) is 0 Å². The molecule has 0 saturated carbocycles. The van der Waals surface area contributed by atoms with Crippen LogP contribution in [0.15, 0.2) is 16.5 Å². The number of nitro groups is 1. The fraction of sp³-hybridized carbons (Fsp3) is 0.286. The van der Waals surface area contributed by atoms with Gasteiger partial charge in [-0.2, -0.15) is 0 Å². The highest BCUT2D eigenvalue weighted by Crippen LogP contribution is 2.16. The minimum absolute atomic E-state index is 0.282. The minimum Gasteiger partial charge on any atom is -0.406 e. The lowest BCUT2D eigenvalue weighted by molar-refractivity contribution is -0.402. The Kier molecular flexibility index (Phi) is 2.57. The third-order valence-electron chi connectivity index (χ3n) is 1.34. The zero-order chi connectivity index (χ0) is 8.97. The number of aryl methyl sites for hydroxylation is 1. The van der Waals surface area contributed by atoms with Gasteiger partial charge in [0.15, 0.2) is 0 Å². The van der Waals surface area contributed by atoms with E-state index in [1.54, 1.807) is 0 Å². The zero-order valence-corrected chi connectivity index (χ0v) is 6.23. The topological polar surface area (TPSA) is 73.3 Å². The summed E-state index contributed by atoms with van der Waals surface area (Å²) in [5.74, 6) is 0.185. The molecule has 0 unspecified atom stereocenters. The molecule has 0 spiro atoms. The van der Waals surface area contributed by atoms with Crippen LogP contribution in [0.5, 0.6) is 0 Å². The number of hydrogen-bond acceptors (Lipinski definition) is 4. The molecule has 0 bridgehead atoms. The lowest BCUT2D eigenvalue weighted by Crippen LogP contribution is -1.84. The van der Waals surface area contributed by atoms with Crippen molar-refractivity contribution >= 4 is 12.2 Å². The first-order valence-corrected chi connectivity index (χ1v) is 3.41. The van der Waals surface area contributed by atoms with Crippen LogP contribution in [0.3, 0.4) is 0 Å².